The quantitative estimate of drug-likeness (QED) is 0.791. The van der Waals surface area contributed by atoms with Crippen molar-refractivity contribution in [1.82, 2.24) is 0 Å². The highest BCUT2D eigenvalue weighted by Gasteiger charge is 2.19. The van der Waals surface area contributed by atoms with Gasteiger partial charge in [-0.3, -0.25) is 0 Å². The monoisotopic (exact) mass is 289 g/mol. The summed E-state index contributed by atoms with van der Waals surface area (Å²) in [5, 5.41) is 9.18. The lowest BCUT2D eigenvalue weighted by atomic mass is 9.98. The Labute approximate surface area is 128 Å². The predicted molar refractivity (Wildman–Crippen MR) is 88.3 cm³/mol. The smallest absolute Gasteiger partial charge is 0.142 e. The largest absolute Gasteiger partial charge is 0.513 e. The molecular formula is C18H27NO2. The molecule has 1 atom stereocenters. The van der Waals surface area contributed by atoms with E-state index in [9.17, 15) is 5.11 Å². The Hall–Kier alpha value is -1.64. The van der Waals surface area contributed by atoms with Gasteiger partial charge in [0.05, 0.1) is 18.6 Å². The Morgan fingerprint density at radius 1 is 1.48 bits per heavy atom. The highest BCUT2D eigenvalue weighted by Crippen LogP contribution is 2.33. The first-order valence-corrected chi connectivity index (χ1v) is 7.88. The zero-order valence-electron chi connectivity index (χ0n) is 13.3. The Morgan fingerprint density at radius 3 is 2.95 bits per heavy atom. The number of anilines is 1. The second kappa shape index (κ2) is 7.39. The summed E-state index contributed by atoms with van der Waals surface area (Å²) in [5.41, 5.74) is 2.51. The normalized spacial score (nSPS) is 18.6. The fourth-order valence-corrected chi connectivity index (χ4v) is 3.04. The lowest BCUT2D eigenvalue weighted by molar-refractivity contribution is 0.387. The van der Waals surface area contributed by atoms with Crippen LogP contribution in [0, 0.1) is 5.92 Å². The van der Waals surface area contributed by atoms with Crippen LogP contribution < -0.4 is 9.64 Å². The number of benzene rings is 1. The first kappa shape index (κ1) is 15.7. The number of aryl methyl sites for hydroxylation is 1. The topological polar surface area (TPSA) is 32.7 Å². The Kier molecular flexibility index (Phi) is 5.54. The van der Waals surface area contributed by atoms with Crippen molar-refractivity contribution in [3.05, 3.63) is 36.1 Å². The molecule has 116 valence electrons. The van der Waals surface area contributed by atoms with E-state index in [4.69, 9.17) is 4.74 Å². The first-order valence-electron chi connectivity index (χ1n) is 7.88. The van der Waals surface area contributed by atoms with E-state index in [1.165, 1.54) is 24.1 Å². The number of rotatable bonds is 6. The van der Waals surface area contributed by atoms with E-state index in [0.717, 1.165) is 37.6 Å². The summed E-state index contributed by atoms with van der Waals surface area (Å²) in [5.74, 6) is 1.97. The number of allylic oxidation sites excluding steroid dienone is 1. The van der Waals surface area contributed by atoms with Gasteiger partial charge in [0.15, 0.2) is 0 Å². The van der Waals surface area contributed by atoms with Gasteiger partial charge in [0.2, 0.25) is 0 Å². The summed E-state index contributed by atoms with van der Waals surface area (Å²) in [7, 11) is 1.74. The summed E-state index contributed by atoms with van der Waals surface area (Å²) in [6.07, 6.45) is 5.12. The van der Waals surface area contributed by atoms with Crippen LogP contribution in [0.5, 0.6) is 5.75 Å². The number of ether oxygens (including phenoxy) is 1. The maximum atomic E-state index is 9.18. The van der Waals surface area contributed by atoms with E-state index in [0.29, 0.717) is 6.42 Å². The zero-order chi connectivity index (χ0) is 15.2. The van der Waals surface area contributed by atoms with Crippen LogP contribution in [0.25, 0.3) is 0 Å². The molecule has 1 aromatic carbocycles. The van der Waals surface area contributed by atoms with Gasteiger partial charge in [-0.25, -0.2) is 0 Å². The molecule has 0 radical (unpaired) electrons. The fourth-order valence-electron chi connectivity index (χ4n) is 3.04. The van der Waals surface area contributed by atoms with Crippen molar-refractivity contribution in [3.8, 4) is 5.75 Å². The van der Waals surface area contributed by atoms with E-state index in [1.807, 2.05) is 0 Å². The van der Waals surface area contributed by atoms with Crippen molar-refractivity contribution in [3.63, 3.8) is 0 Å². The number of hydrogen-bond donors (Lipinski definition) is 1. The van der Waals surface area contributed by atoms with Crippen molar-refractivity contribution >= 4 is 5.69 Å². The van der Waals surface area contributed by atoms with Gasteiger partial charge in [-0.1, -0.05) is 19.6 Å². The lowest BCUT2D eigenvalue weighted by Crippen LogP contribution is -2.34. The molecular weight excluding hydrogens is 262 g/mol. The number of aliphatic hydroxyl groups excluding tert-OH is 1. The molecule has 0 saturated carbocycles. The van der Waals surface area contributed by atoms with Crippen molar-refractivity contribution in [1.29, 1.82) is 0 Å². The predicted octanol–water partition coefficient (Wildman–Crippen LogP) is 4.33. The van der Waals surface area contributed by atoms with Crippen LogP contribution in [-0.4, -0.2) is 25.3 Å². The Balaban J connectivity index is 2.11. The van der Waals surface area contributed by atoms with Crippen LogP contribution in [0.4, 0.5) is 5.69 Å². The number of nitrogens with zero attached hydrogens (tertiary/aromatic N) is 1. The maximum absolute atomic E-state index is 9.18. The van der Waals surface area contributed by atoms with Crippen molar-refractivity contribution < 1.29 is 9.84 Å². The van der Waals surface area contributed by atoms with Gasteiger partial charge in [-0.15, -0.1) is 0 Å². The summed E-state index contributed by atoms with van der Waals surface area (Å²) in [6.45, 7) is 8.07. The van der Waals surface area contributed by atoms with Crippen LogP contribution in [0.1, 0.15) is 38.2 Å². The lowest BCUT2D eigenvalue weighted by Gasteiger charge is -2.34. The van der Waals surface area contributed by atoms with Crippen molar-refractivity contribution in [2.45, 2.75) is 39.0 Å². The molecule has 21 heavy (non-hydrogen) atoms. The van der Waals surface area contributed by atoms with Gasteiger partial charge in [-0.05, 0) is 49.3 Å². The highest BCUT2D eigenvalue weighted by atomic mass is 16.5. The molecule has 1 fully saturated rings. The molecule has 0 aromatic heterocycles. The molecule has 1 aromatic rings. The number of piperidine rings is 1. The number of hydrogen-bond acceptors (Lipinski definition) is 3. The van der Waals surface area contributed by atoms with E-state index in [-0.39, 0.29) is 5.76 Å². The van der Waals surface area contributed by atoms with E-state index < -0.39 is 0 Å². The summed E-state index contributed by atoms with van der Waals surface area (Å²) < 4.78 is 5.54. The van der Waals surface area contributed by atoms with E-state index in [2.05, 4.69) is 36.6 Å². The average molecular weight is 289 g/mol. The number of methoxy groups -OCH3 is 1. The third-order valence-electron chi connectivity index (χ3n) is 4.17. The van der Waals surface area contributed by atoms with Crippen LogP contribution in [0.2, 0.25) is 0 Å². The average Bonchev–Trinajstić information content (AvgIpc) is 2.47. The second-order valence-electron chi connectivity index (χ2n) is 6.12. The zero-order valence-corrected chi connectivity index (χ0v) is 13.3. The van der Waals surface area contributed by atoms with E-state index >= 15 is 0 Å². The van der Waals surface area contributed by atoms with E-state index in [1.54, 1.807) is 7.11 Å². The van der Waals surface area contributed by atoms with Gasteiger partial charge < -0.3 is 14.7 Å². The molecule has 3 heteroatoms. The van der Waals surface area contributed by atoms with Gasteiger partial charge in [0.1, 0.15) is 5.75 Å². The summed E-state index contributed by atoms with van der Waals surface area (Å²) in [4.78, 5) is 2.45. The van der Waals surface area contributed by atoms with Gasteiger partial charge in [-0.2, -0.15) is 0 Å². The van der Waals surface area contributed by atoms with Crippen LogP contribution in [-0.2, 0) is 6.42 Å². The molecule has 2 rings (SSSR count). The van der Waals surface area contributed by atoms with Crippen molar-refractivity contribution in [2.24, 2.45) is 5.92 Å². The second-order valence-corrected chi connectivity index (χ2v) is 6.12. The fraction of sp³-hybridized carbons (Fsp3) is 0.556. The molecule has 0 bridgehead atoms. The molecule has 1 saturated heterocycles. The molecule has 1 aliphatic rings. The molecule has 0 spiro atoms. The standard InChI is InChI=1S/C18H27NO2/c1-14-6-5-11-19(13-14)17-12-16(8-4-7-15(2)20)9-10-18(17)21-3/h9-10,12,14,20H,2,4-8,11,13H2,1,3H3/t14-/m0/s1. The highest BCUT2D eigenvalue weighted by molar-refractivity contribution is 5.60. The summed E-state index contributed by atoms with van der Waals surface area (Å²) in [6, 6.07) is 6.44. The number of aliphatic hydroxyl groups is 1. The molecule has 0 amide bonds. The summed E-state index contributed by atoms with van der Waals surface area (Å²) >= 11 is 0. The molecule has 0 aliphatic carbocycles. The van der Waals surface area contributed by atoms with Crippen LogP contribution in [0.15, 0.2) is 30.5 Å². The minimum Gasteiger partial charge on any atom is -0.513 e. The molecule has 3 nitrogen and oxygen atoms in total. The first-order chi connectivity index (χ1) is 10.1. The Bertz CT molecular complexity index is 484. The third kappa shape index (κ3) is 4.42. The Morgan fingerprint density at radius 2 is 2.29 bits per heavy atom. The third-order valence-corrected chi connectivity index (χ3v) is 4.17. The van der Waals surface area contributed by atoms with Crippen LogP contribution in [0.3, 0.4) is 0 Å². The van der Waals surface area contributed by atoms with Gasteiger partial charge in [0.25, 0.3) is 0 Å². The minimum absolute atomic E-state index is 0.272. The molecule has 1 heterocycles. The molecule has 1 aliphatic heterocycles. The van der Waals surface area contributed by atoms with Gasteiger partial charge in [0, 0.05) is 19.5 Å². The molecule has 0 unspecified atom stereocenters. The molecule has 1 N–H and O–H groups in total. The maximum Gasteiger partial charge on any atom is 0.142 e. The van der Waals surface area contributed by atoms with Gasteiger partial charge >= 0.3 is 0 Å². The SMILES string of the molecule is C=C(O)CCCc1ccc(OC)c(N2CCC[C@H](C)C2)c1. The van der Waals surface area contributed by atoms with Crippen LogP contribution >= 0.6 is 0 Å². The minimum atomic E-state index is 0.272. The van der Waals surface area contributed by atoms with Crippen molar-refractivity contribution in [2.75, 3.05) is 25.1 Å².